The van der Waals surface area contributed by atoms with Crippen LogP contribution in [0.1, 0.15) is 21.7 Å². The van der Waals surface area contributed by atoms with Crippen molar-refractivity contribution in [3.05, 3.63) is 71.5 Å². The van der Waals surface area contributed by atoms with Gasteiger partial charge in [-0.3, -0.25) is 4.79 Å². The molecule has 0 saturated carbocycles. The SMILES string of the molecule is Cc1cccc(N2CCN(C(=O)c3c(-c4ccccc4)noc3C)CC2)c1. The number of carbonyl (C=O) groups excluding carboxylic acids is 1. The highest BCUT2D eigenvalue weighted by molar-refractivity contribution is 6.00. The first-order chi connectivity index (χ1) is 13.1. The fraction of sp³-hybridized carbons (Fsp3) is 0.273. The molecule has 0 spiro atoms. The van der Waals surface area contributed by atoms with Gasteiger partial charge in [0.1, 0.15) is 17.0 Å². The predicted octanol–water partition coefficient (Wildman–Crippen LogP) is 3.92. The van der Waals surface area contributed by atoms with Crippen LogP contribution in [0, 0.1) is 13.8 Å². The molecule has 2 aromatic carbocycles. The van der Waals surface area contributed by atoms with Crippen LogP contribution < -0.4 is 4.90 Å². The summed E-state index contributed by atoms with van der Waals surface area (Å²) < 4.78 is 5.36. The van der Waals surface area contributed by atoms with Crippen LogP contribution >= 0.6 is 0 Å². The molecule has 3 aromatic rings. The van der Waals surface area contributed by atoms with Gasteiger partial charge in [-0.2, -0.15) is 0 Å². The Morgan fingerprint density at radius 1 is 0.963 bits per heavy atom. The third kappa shape index (κ3) is 3.45. The van der Waals surface area contributed by atoms with Gasteiger partial charge in [-0.15, -0.1) is 0 Å². The minimum absolute atomic E-state index is 0.00325. The van der Waals surface area contributed by atoms with Crippen molar-refractivity contribution in [3.63, 3.8) is 0 Å². The highest BCUT2D eigenvalue weighted by Gasteiger charge is 2.28. The van der Waals surface area contributed by atoms with Crippen molar-refractivity contribution in [2.24, 2.45) is 0 Å². The Balaban J connectivity index is 1.51. The van der Waals surface area contributed by atoms with E-state index in [1.54, 1.807) is 6.92 Å². The lowest BCUT2D eigenvalue weighted by molar-refractivity contribution is 0.0745. The van der Waals surface area contributed by atoms with Crippen LogP contribution in [-0.2, 0) is 0 Å². The third-order valence-corrected chi connectivity index (χ3v) is 5.06. The number of rotatable bonds is 3. The largest absolute Gasteiger partial charge is 0.368 e. The van der Waals surface area contributed by atoms with Gasteiger partial charge in [-0.25, -0.2) is 0 Å². The van der Waals surface area contributed by atoms with Crippen molar-refractivity contribution in [1.82, 2.24) is 10.1 Å². The van der Waals surface area contributed by atoms with E-state index in [0.29, 0.717) is 30.1 Å². The number of amides is 1. The number of hydrogen-bond donors (Lipinski definition) is 0. The quantitative estimate of drug-likeness (QED) is 0.709. The number of piperazine rings is 1. The van der Waals surface area contributed by atoms with E-state index in [9.17, 15) is 4.79 Å². The molecule has 0 unspecified atom stereocenters. The summed E-state index contributed by atoms with van der Waals surface area (Å²) in [6, 6.07) is 18.2. The number of anilines is 1. The van der Waals surface area contributed by atoms with E-state index < -0.39 is 0 Å². The summed E-state index contributed by atoms with van der Waals surface area (Å²) in [5.41, 5.74) is 4.56. The van der Waals surface area contributed by atoms with Crippen LogP contribution in [0.3, 0.4) is 0 Å². The highest BCUT2D eigenvalue weighted by atomic mass is 16.5. The molecule has 1 aliphatic rings. The Bertz CT molecular complexity index is 941. The Labute approximate surface area is 159 Å². The molecule has 0 radical (unpaired) electrons. The maximum atomic E-state index is 13.2. The van der Waals surface area contributed by atoms with Crippen molar-refractivity contribution in [3.8, 4) is 11.3 Å². The van der Waals surface area contributed by atoms with E-state index in [1.165, 1.54) is 11.3 Å². The smallest absolute Gasteiger partial charge is 0.259 e. The fourth-order valence-corrected chi connectivity index (χ4v) is 3.57. The van der Waals surface area contributed by atoms with Gasteiger partial charge >= 0.3 is 0 Å². The molecule has 0 aliphatic carbocycles. The zero-order valence-electron chi connectivity index (χ0n) is 15.7. The molecule has 0 bridgehead atoms. The van der Waals surface area contributed by atoms with E-state index in [-0.39, 0.29) is 5.91 Å². The zero-order valence-corrected chi connectivity index (χ0v) is 15.7. The molecule has 1 amide bonds. The molecule has 0 atom stereocenters. The topological polar surface area (TPSA) is 49.6 Å². The lowest BCUT2D eigenvalue weighted by Crippen LogP contribution is -2.49. The van der Waals surface area contributed by atoms with Gasteiger partial charge in [-0.1, -0.05) is 47.6 Å². The molecular weight excluding hydrogens is 338 g/mol. The molecule has 1 saturated heterocycles. The van der Waals surface area contributed by atoms with Crippen molar-refractivity contribution >= 4 is 11.6 Å². The Kier molecular flexibility index (Phi) is 4.67. The fourth-order valence-electron chi connectivity index (χ4n) is 3.57. The van der Waals surface area contributed by atoms with Gasteiger partial charge in [0.15, 0.2) is 0 Å². The summed E-state index contributed by atoms with van der Waals surface area (Å²) in [6.07, 6.45) is 0. The Hall–Kier alpha value is -3.08. The second-order valence-electron chi connectivity index (χ2n) is 6.95. The van der Waals surface area contributed by atoms with E-state index in [4.69, 9.17) is 4.52 Å². The lowest BCUT2D eigenvalue weighted by Gasteiger charge is -2.36. The maximum Gasteiger partial charge on any atom is 0.259 e. The summed E-state index contributed by atoms with van der Waals surface area (Å²) >= 11 is 0. The van der Waals surface area contributed by atoms with Crippen molar-refractivity contribution in [1.29, 1.82) is 0 Å². The molecule has 5 nitrogen and oxygen atoms in total. The van der Waals surface area contributed by atoms with Crippen LogP contribution in [0.4, 0.5) is 5.69 Å². The minimum atomic E-state index is -0.00325. The normalized spacial score (nSPS) is 14.4. The third-order valence-electron chi connectivity index (χ3n) is 5.06. The zero-order chi connectivity index (χ0) is 18.8. The first-order valence-electron chi connectivity index (χ1n) is 9.26. The molecule has 27 heavy (non-hydrogen) atoms. The summed E-state index contributed by atoms with van der Waals surface area (Å²) in [4.78, 5) is 17.4. The summed E-state index contributed by atoms with van der Waals surface area (Å²) in [5.74, 6) is 0.566. The molecule has 1 fully saturated rings. The number of aromatic nitrogens is 1. The molecule has 138 valence electrons. The standard InChI is InChI=1S/C22H23N3O2/c1-16-7-6-10-19(15-16)24-11-13-25(14-12-24)22(26)20-17(2)27-23-21(20)18-8-4-3-5-9-18/h3-10,15H,11-14H2,1-2H3. The van der Waals surface area contributed by atoms with Crippen LogP contribution in [0.5, 0.6) is 0 Å². The maximum absolute atomic E-state index is 13.2. The number of nitrogens with zero attached hydrogens (tertiary/aromatic N) is 3. The molecule has 0 N–H and O–H groups in total. The van der Waals surface area contributed by atoms with Gasteiger partial charge in [0.2, 0.25) is 0 Å². The molecule has 2 heterocycles. The van der Waals surface area contributed by atoms with E-state index in [0.717, 1.165) is 18.7 Å². The summed E-state index contributed by atoms with van der Waals surface area (Å²) in [6.45, 7) is 6.91. The van der Waals surface area contributed by atoms with Gasteiger partial charge in [0, 0.05) is 37.4 Å². The highest BCUT2D eigenvalue weighted by Crippen LogP contribution is 2.27. The van der Waals surface area contributed by atoms with Crippen LogP contribution in [0.15, 0.2) is 59.1 Å². The Morgan fingerprint density at radius 3 is 2.41 bits per heavy atom. The van der Waals surface area contributed by atoms with Gasteiger partial charge < -0.3 is 14.3 Å². The first-order valence-corrected chi connectivity index (χ1v) is 9.26. The average Bonchev–Trinajstić information content (AvgIpc) is 3.10. The van der Waals surface area contributed by atoms with Gasteiger partial charge in [-0.05, 0) is 31.5 Å². The van der Waals surface area contributed by atoms with E-state index in [2.05, 4.69) is 41.2 Å². The van der Waals surface area contributed by atoms with Gasteiger partial charge in [0.05, 0.1) is 0 Å². The average molecular weight is 361 g/mol. The molecule has 5 heteroatoms. The molecular formula is C22H23N3O2. The molecule has 4 rings (SSSR count). The van der Waals surface area contributed by atoms with E-state index >= 15 is 0 Å². The van der Waals surface area contributed by atoms with Crippen LogP contribution in [0.2, 0.25) is 0 Å². The van der Waals surface area contributed by atoms with Crippen molar-refractivity contribution < 1.29 is 9.32 Å². The number of benzene rings is 2. The lowest BCUT2D eigenvalue weighted by atomic mass is 10.0. The number of hydrogen-bond acceptors (Lipinski definition) is 4. The summed E-state index contributed by atoms with van der Waals surface area (Å²) in [5, 5.41) is 4.14. The second-order valence-corrected chi connectivity index (χ2v) is 6.95. The van der Waals surface area contributed by atoms with Crippen molar-refractivity contribution in [2.75, 3.05) is 31.1 Å². The number of carbonyl (C=O) groups is 1. The monoisotopic (exact) mass is 361 g/mol. The number of aryl methyl sites for hydroxylation is 2. The Morgan fingerprint density at radius 2 is 1.70 bits per heavy atom. The van der Waals surface area contributed by atoms with E-state index in [1.807, 2.05) is 35.2 Å². The predicted molar refractivity (Wildman–Crippen MR) is 106 cm³/mol. The van der Waals surface area contributed by atoms with Crippen LogP contribution in [-0.4, -0.2) is 42.1 Å². The van der Waals surface area contributed by atoms with Crippen molar-refractivity contribution in [2.45, 2.75) is 13.8 Å². The van der Waals surface area contributed by atoms with Gasteiger partial charge in [0.25, 0.3) is 5.91 Å². The summed E-state index contributed by atoms with van der Waals surface area (Å²) in [7, 11) is 0. The minimum Gasteiger partial charge on any atom is -0.368 e. The second kappa shape index (κ2) is 7.27. The molecule has 1 aliphatic heterocycles. The molecule has 1 aromatic heterocycles. The van der Waals surface area contributed by atoms with Crippen LogP contribution in [0.25, 0.3) is 11.3 Å². The first kappa shape index (κ1) is 17.3.